The molecule has 2 aliphatic heterocycles. The molecule has 0 spiro atoms. The van der Waals surface area contributed by atoms with E-state index in [0.717, 1.165) is 30.4 Å². The minimum atomic E-state index is 0.156. The summed E-state index contributed by atoms with van der Waals surface area (Å²) >= 11 is 0. The SMILES string of the molecule is Oc1cc(-n2ccnc2)ccc1-c1ccc(OC2C[C@@H]3N[C@H](C2)[C@H]2C[C@@H]23)nn1. The van der Waals surface area contributed by atoms with Gasteiger partial charge in [-0.25, -0.2) is 4.98 Å². The average molecular weight is 375 g/mol. The Morgan fingerprint density at radius 2 is 1.89 bits per heavy atom. The van der Waals surface area contributed by atoms with Gasteiger partial charge in [0.25, 0.3) is 0 Å². The molecule has 1 aromatic carbocycles. The summed E-state index contributed by atoms with van der Waals surface area (Å²) < 4.78 is 7.94. The molecule has 5 atom stereocenters. The molecular weight excluding hydrogens is 354 g/mol. The van der Waals surface area contributed by atoms with Crippen molar-refractivity contribution in [2.45, 2.75) is 37.5 Å². The molecule has 3 aromatic rings. The van der Waals surface area contributed by atoms with Gasteiger partial charge in [-0.3, -0.25) is 0 Å². The predicted octanol–water partition coefficient (Wildman–Crippen LogP) is 2.55. The lowest BCUT2D eigenvalue weighted by molar-refractivity contribution is 0.119. The first-order valence-electron chi connectivity index (χ1n) is 9.83. The van der Waals surface area contributed by atoms with Gasteiger partial charge in [-0.15, -0.1) is 10.2 Å². The maximum absolute atomic E-state index is 10.4. The van der Waals surface area contributed by atoms with Crippen molar-refractivity contribution < 1.29 is 9.84 Å². The maximum Gasteiger partial charge on any atom is 0.233 e. The number of phenolic OH excluding ortho intramolecular Hbond substituents is 1. The molecule has 7 nitrogen and oxygen atoms in total. The van der Waals surface area contributed by atoms with E-state index in [9.17, 15) is 5.11 Å². The molecule has 2 N–H and O–H groups in total. The van der Waals surface area contributed by atoms with E-state index in [4.69, 9.17) is 4.74 Å². The number of hydrogen-bond acceptors (Lipinski definition) is 6. The van der Waals surface area contributed by atoms with Crippen LogP contribution in [0, 0.1) is 11.8 Å². The Kier molecular flexibility index (Phi) is 3.46. The second-order valence-electron chi connectivity index (χ2n) is 8.08. The van der Waals surface area contributed by atoms with Crippen molar-refractivity contribution >= 4 is 0 Å². The number of piperidine rings is 2. The normalized spacial score (nSPS) is 30.1. The monoisotopic (exact) mass is 375 g/mol. The fraction of sp³-hybridized carbons (Fsp3) is 0.381. The molecule has 2 bridgehead atoms. The number of nitrogens with one attached hydrogen (secondary N) is 1. The fourth-order valence-corrected chi connectivity index (χ4v) is 4.93. The van der Waals surface area contributed by atoms with Gasteiger partial charge in [-0.2, -0.15) is 0 Å². The van der Waals surface area contributed by atoms with E-state index < -0.39 is 0 Å². The molecule has 1 saturated carbocycles. The van der Waals surface area contributed by atoms with Crippen LogP contribution in [0.1, 0.15) is 19.3 Å². The van der Waals surface area contributed by atoms with Crippen molar-refractivity contribution in [3.05, 3.63) is 49.1 Å². The zero-order valence-corrected chi connectivity index (χ0v) is 15.3. The number of aromatic nitrogens is 4. The van der Waals surface area contributed by atoms with Gasteiger partial charge in [0.15, 0.2) is 0 Å². The van der Waals surface area contributed by atoms with Crippen molar-refractivity contribution in [3.63, 3.8) is 0 Å². The van der Waals surface area contributed by atoms with Gasteiger partial charge < -0.3 is 19.7 Å². The van der Waals surface area contributed by atoms with Crippen LogP contribution in [-0.2, 0) is 0 Å². The number of rotatable bonds is 4. The summed E-state index contributed by atoms with van der Waals surface area (Å²) in [6, 6.07) is 10.4. The number of imidazole rings is 1. The van der Waals surface area contributed by atoms with Crippen LogP contribution in [0.4, 0.5) is 0 Å². The second-order valence-corrected chi connectivity index (χ2v) is 8.08. The Morgan fingerprint density at radius 3 is 2.57 bits per heavy atom. The van der Waals surface area contributed by atoms with Crippen LogP contribution < -0.4 is 10.1 Å². The van der Waals surface area contributed by atoms with Gasteiger partial charge in [0.2, 0.25) is 5.88 Å². The summed E-state index contributed by atoms with van der Waals surface area (Å²) in [6.45, 7) is 0. The van der Waals surface area contributed by atoms with Gasteiger partial charge in [-0.1, -0.05) is 0 Å². The third-order valence-corrected chi connectivity index (χ3v) is 6.37. The highest BCUT2D eigenvalue weighted by atomic mass is 16.5. The van der Waals surface area contributed by atoms with Crippen LogP contribution in [0.5, 0.6) is 11.6 Å². The van der Waals surface area contributed by atoms with Crippen molar-refractivity contribution in [1.29, 1.82) is 0 Å². The minimum absolute atomic E-state index is 0.156. The third-order valence-electron chi connectivity index (χ3n) is 6.37. The van der Waals surface area contributed by atoms with Crippen LogP contribution in [-0.4, -0.2) is 43.0 Å². The first-order chi connectivity index (χ1) is 13.7. The molecule has 7 heteroatoms. The molecule has 0 radical (unpaired) electrons. The summed E-state index contributed by atoms with van der Waals surface area (Å²) in [7, 11) is 0. The number of benzene rings is 1. The smallest absolute Gasteiger partial charge is 0.233 e. The lowest BCUT2D eigenvalue weighted by Gasteiger charge is -2.31. The number of fused-ring (bicyclic) bond motifs is 5. The number of hydrogen-bond donors (Lipinski definition) is 2. The molecule has 2 aromatic heterocycles. The summed E-state index contributed by atoms with van der Waals surface area (Å²) in [5.41, 5.74) is 2.10. The van der Waals surface area contributed by atoms with Gasteiger partial charge in [0.05, 0.1) is 17.7 Å². The highest BCUT2D eigenvalue weighted by molar-refractivity contribution is 5.68. The van der Waals surface area contributed by atoms with Gasteiger partial charge in [0.1, 0.15) is 11.9 Å². The van der Waals surface area contributed by atoms with E-state index in [2.05, 4.69) is 20.5 Å². The Hall–Kier alpha value is -2.93. The highest BCUT2D eigenvalue weighted by Crippen LogP contribution is 2.53. The van der Waals surface area contributed by atoms with Crippen LogP contribution in [0.15, 0.2) is 49.1 Å². The lowest BCUT2D eigenvalue weighted by Crippen LogP contribution is -2.45. The summed E-state index contributed by atoms with van der Waals surface area (Å²) in [5, 5.41) is 22.7. The molecule has 28 heavy (non-hydrogen) atoms. The Balaban J connectivity index is 1.18. The van der Waals surface area contributed by atoms with Crippen molar-refractivity contribution in [3.8, 4) is 28.6 Å². The summed E-state index contributed by atoms with van der Waals surface area (Å²) in [6.07, 6.45) is 8.94. The second kappa shape index (κ2) is 6.04. The van der Waals surface area contributed by atoms with Gasteiger partial charge in [0, 0.05) is 55.0 Å². The van der Waals surface area contributed by atoms with Crippen LogP contribution in [0.25, 0.3) is 16.9 Å². The van der Waals surface area contributed by atoms with Crippen molar-refractivity contribution in [1.82, 2.24) is 25.1 Å². The van der Waals surface area contributed by atoms with Crippen molar-refractivity contribution in [2.75, 3.05) is 0 Å². The van der Waals surface area contributed by atoms with Crippen LogP contribution >= 0.6 is 0 Å². The average Bonchev–Trinajstić information content (AvgIpc) is 3.24. The molecule has 0 amide bonds. The van der Waals surface area contributed by atoms with E-state index >= 15 is 0 Å². The molecule has 142 valence electrons. The zero-order valence-electron chi connectivity index (χ0n) is 15.3. The molecule has 3 fully saturated rings. The van der Waals surface area contributed by atoms with Gasteiger partial charge in [-0.05, 0) is 36.5 Å². The van der Waals surface area contributed by atoms with Crippen LogP contribution in [0.3, 0.4) is 0 Å². The molecule has 6 rings (SSSR count). The Bertz CT molecular complexity index is 988. The molecule has 2 saturated heterocycles. The Labute approximate surface area is 162 Å². The topological polar surface area (TPSA) is 85.1 Å². The van der Waals surface area contributed by atoms with E-state index in [1.165, 1.54) is 6.42 Å². The summed E-state index contributed by atoms with van der Waals surface area (Å²) in [5.74, 6) is 2.46. The van der Waals surface area contributed by atoms with Crippen molar-refractivity contribution in [2.24, 2.45) is 11.8 Å². The number of ether oxygens (including phenoxy) is 1. The number of aromatic hydroxyl groups is 1. The van der Waals surface area contributed by atoms with E-state index in [-0.39, 0.29) is 11.9 Å². The number of phenols is 1. The standard InChI is InChI=1S/C21H21N5O2/c27-20-7-12(26-6-5-22-11-26)1-2-14(20)17-3-4-21(25-24-17)28-13-8-18-15-10-16(15)19(9-13)23-18/h1-7,11,13,15-16,18-19,23,27H,8-10H2/t13?,15-,16-,18-,19+/m0/s1. The van der Waals surface area contributed by atoms with Crippen LogP contribution in [0.2, 0.25) is 0 Å². The first-order valence-corrected chi connectivity index (χ1v) is 9.83. The molecule has 4 heterocycles. The Morgan fingerprint density at radius 1 is 1.04 bits per heavy atom. The number of nitrogens with zero attached hydrogens (tertiary/aromatic N) is 4. The molecule has 1 aliphatic carbocycles. The summed E-state index contributed by atoms with van der Waals surface area (Å²) in [4.78, 5) is 4.03. The first kappa shape index (κ1) is 16.1. The quantitative estimate of drug-likeness (QED) is 0.729. The van der Waals surface area contributed by atoms with Gasteiger partial charge >= 0.3 is 0 Å². The lowest BCUT2D eigenvalue weighted by atomic mass is 9.98. The van der Waals surface area contributed by atoms with E-state index in [1.54, 1.807) is 18.6 Å². The zero-order chi connectivity index (χ0) is 18.7. The van der Waals surface area contributed by atoms with E-state index in [0.29, 0.717) is 29.2 Å². The third kappa shape index (κ3) is 2.65. The fourth-order valence-electron chi connectivity index (χ4n) is 4.93. The van der Waals surface area contributed by atoms with E-state index in [1.807, 2.05) is 35.0 Å². The molecular formula is C21H21N5O2. The molecule has 3 aliphatic rings. The predicted molar refractivity (Wildman–Crippen MR) is 102 cm³/mol. The maximum atomic E-state index is 10.4. The minimum Gasteiger partial charge on any atom is -0.507 e. The highest BCUT2D eigenvalue weighted by Gasteiger charge is 2.57. The molecule has 1 unspecified atom stereocenters. The largest absolute Gasteiger partial charge is 0.507 e.